The van der Waals surface area contributed by atoms with Crippen LogP contribution in [0.2, 0.25) is 0 Å². The minimum absolute atomic E-state index is 0.0492. The third kappa shape index (κ3) is 5.84. The number of aryl methyl sites for hydroxylation is 1. The Kier molecular flexibility index (Phi) is 8.25. The van der Waals surface area contributed by atoms with Crippen LogP contribution in [-0.4, -0.2) is 30.2 Å². The number of aromatic nitrogens is 4. The van der Waals surface area contributed by atoms with Gasteiger partial charge in [0.05, 0.1) is 0 Å². The number of benzene rings is 1. The topological polar surface area (TPSA) is 110 Å². The molecule has 2 saturated carbocycles. The van der Waals surface area contributed by atoms with E-state index in [0.717, 1.165) is 38.5 Å². The number of imidazole rings is 1. The van der Waals surface area contributed by atoms with Gasteiger partial charge in [-0.2, -0.15) is 0 Å². The number of H-pyrrole nitrogens is 1. The Morgan fingerprint density at radius 3 is 2.05 bits per heavy atom. The molecule has 38 heavy (non-hydrogen) atoms. The molecule has 2 aliphatic rings. The molecular formula is C30H38N4O4. The van der Waals surface area contributed by atoms with Crippen molar-refractivity contribution < 1.29 is 9.90 Å². The lowest BCUT2D eigenvalue weighted by Gasteiger charge is -2.23. The molecule has 2 N–H and O–H groups in total. The molecule has 8 nitrogen and oxygen atoms in total. The number of fused-ring (bicyclic) bond motifs is 1. The van der Waals surface area contributed by atoms with Crippen molar-refractivity contribution in [3.63, 3.8) is 0 Å². The number of aromatic amines is 1. The second kappa shape index (κ2) is 12.0. The summed E-state index contributed by atoms with van der Waals surface area (Å²) >= 11 is 0. The number of aliphatic carboxylic acids is 1. The highest BCUT2D eigenvalue weighted by Gasteiger charge is 2.23. The molecule has 2 aliphatic carbocycles. The molecule has 0 saturated heterocycles. The quantitative estimate of drug-likeness (QED) is 0.366. The SMILES string of the molecule is O=C(O)/C(=C/c1ccccc1)c1nc2c([nH]1)c(=O)n(CCC1CCCCC1)c(=O)n2CCC1CCCCC1. The molecule has 2 heterocycles. The second-order valence-electron chi connectivity index (χ2n) is 11.0. The smallest absolute Gasteiger partial charge is 0.339 e. The van der Waals surface area contributed by atoms with Gasteiger partial charge in [0.1, 0.15) is 16.9 Å². The van der Waals surface area contributed by atoms with Crippen molar-refractivity contribution in [1.29, 1.82) is 0 Å². The van der Waals surface area contributed by atoms with Gasteiger partial charge in [0.15, 0.2) is 5.65 Å². The van der Waals surface area contributed by atoms with Gasteiger partial charge in [0.2, 0.25) is 0 Å². The number of hydrogen-bond acceptors (Lipinski definition) is 4. The Morgan fingerprint density at radius 1 is 0.895 bits per heavy atom. The number of nitrogens with one attached hydrogen (secondary N) is 1. The standard InChI is InChI=1S/C30H38N4O4/c35-28-25-27(32-26(31-25)24(29(36)37)20-23-14-8-3-9-15-23)33(18-16-21-10-4-1-5-11-21)30(38)34(28)19-17-22-12-6-2-7-13-22/h3,8-9,14-15,20-22H,1-2,4-7,10-13,16-19H2,(H,31,32)(H,36,37)/b24-20+. The summed E-state index contributed by atoms with van der Waals surface area (Å²) in [6.45, 7) is 0.848. The largest absolute Gasteiger partial charge is 0.478 e. The van der Waals surface area contributed by atoms with Crippen molar-refractivity contribution in [2.75, 3.05) is 0 Å². The number of carboxylic acids is 1. The molecule has 0 amide bonds. The average Bonchev–Trinajstić information content (AvgIpc) is 3.38. The second-order valence-corrected chi connectivity index (χ2v) is 11.0. The first-order chi connectivity index (χ1) is 18.5. The van der Waals surface area contributed by atoms with Crippen LogP contribution in [0.25, 0.3) is 22.8 Å². The fourth-order valence-electron chi connectivity index (χ4n) is 6.22. The first-order valence-electron chi connectivity index (χ1n) is 14.2. The number of nitrogens with zero attached hydrogens (tertiary/aromatic N) is 3. The van der Waals surface area contributed by atoms with Crippen LogP contribution in [0.4, 0.5) is 0 Å². The van der Waals surface area contributed by atoms with E-state index in [1.807, 2.05) is 30.3 Å². The molecule has 0 unspecified atom stereocenters. The van der Waals surface area contributed by atoms with Gasteiger partial charge in [0, 0.05) is 13.1 Å². The Labute approximate surface area is 222 Å². The van der Waals surface area contributed by atoms with Gasteiger partial charge >= 0.3 is 11.7 Å². The fraction of sp³-hybridized carbons (Fsp3) is 0.533. The van der Waals surface area contributed by atoms with Gasteiger partial charge in [-0.15, -0.1) is 0 Å². The lowest BCUT2D eigenvalue weighted by molar-refractivity contribution is -0.130. The summed E-state index contributed by atoms with van der Waals surface area (Å²) in [5.41, 5.74) is 0.359. The van der Waals surface area contributed by atoms with Crippen LogP contribution in [0, 0.1) is 11.8 Å². The predicted molar refractivity (Wildman–Crippen MR) is 149 cm³/mol. The number of carbonyl (C=O) groups is 1. The molecule has 1 aromatic carbocycles. The van der Waals surface area contributed by atoms with E-state index in [1.165, 1.54) is 49.2 Å². The Balaban J connectivity index is 1.55. The van der Waals surface area contributed by atoms with E-state index in [9.17, 15) is 19.5 Å². The molecule has 8 heteroatoms. The Hall–Kier alpha value is -3.42. The minimum Gasteiger partial charge on any atom is -0.478 e. The molecule has 0 radical (unpaired) electrons. The van der Waals surface area contributed by atoms with Gasteiger partial charge in [-0.25, -0.2) is 14.6 Å². The maximum Gasteiger partial charge on any atom is 0.339 e. The van der Waals surface area contributed by atoms with Crippen LogP contribution in [0.15, 0.2) is 39.9 Å². The molecule has 5 rings (SSSR count). The molecule has 2 aromatic heterocycles. The van der Waals surface area contributed by atoms with Gasteiger partial charge < -0.3 is 10.1 Å². The van der Waals surface area contributed by atoms with Crippen molar-refractivity contribution in [2.45, 2.75) is 90.1 Å². The van der Waals surface area contributed by atoms with E-state index in [4.69, 9.17) is 0 Å². The summed E-state index contributed by atoms with van der Waals surface area (Å²) in [6, 6.07) is 9.14. The number of rotatable bonds is 9. The lowest BCUT2D eigenvalue weighted by Crippen LogP contribution is -2.41. The highest BCUT2D eigenvalue weighted by molar-refractivity contribution is 6.19. The molecule has 0 atom stereocenters. The van der Waals surface area contributed by atoms with Crippen molar-refractivity contribution in [2.24, 2.45) is 11.8 Å². The first-order valence-corrected chi connectivity index (χ1v) is 14.2. The number of carboxylic acid groups (broad SMARTS) is 1. The number of hydrogen-bond donors (Lipinski definition) is 2. The first kappa shape index (κ1) is 26.2. The normalized spacial score (nSPS) is 17.7. The highest BCUT2D eigenvalue weighted by Crippen LogP contribution is 2.28. The molecule has 0 aliphatic heterocycles. The van der Waals surface area contributed by atoms with E-state index in [1.54, 1.807) is 4.57 Å². The maximum absolute atomic E-state index is 13.7. The minimum atomic E-state index is -1.15. The van der Waals surface area contributed by atoms with Gasteiger partial charge in [0.25, 0.3) is 5.56 Å². The fourth-order valence-corrected chi connectivity index (χ4v) is 6.22. The van der Waals surface area contributed by atoms with Crippen molar-refractivity contribution in [3.8, 4) is 0 Å². The van der Waals surface area contributed by atoms with Crippen LogP contribution < -0.4 is 11.2 Å². The molecule has 3 aromatic rings. The zero-order valence-corrected chi connectivity index (χ0v) is 22.0. The third-order valence-corrected chi connectivity index (χ3v) is 8.43. The lowest BCUT2D eigenvalue weighted by atomic mass is 9.87. The zero-order chi connectivity index (χ0) is 26.5. The van der Waals surface area contributed by atoms with E-state index in [-0.39, 0.29) is 28.3 Å². The Bertz CT molecular complexity index is 1400. The molecule has 0 spiro atoms. The summed E-state index contributed by atoms with van der Waals surface area (Å²) in [5.74, 6) is 0.0244. The zero-order valence-electron chi connectivity index (χ0n) is 22.0. The molecule has 0 bridgehead atoms. The summed E-state index contributed by atoms with van der Waals surface area (Å²) in [5, 5.41) is 9.98. The van der Waals surface area contributed by atoms with E-state index in [2.05, 4.69) is 9.97 Å². The van der Waals surface area contributed by atoms with Gasteiger partial charge in [-0.05, 0) is 36.3 Å². The summed E-state index contributed by atoms with van der Waals surface area (Å²) in [6.07, 6.45) is 15.2. The third-order valence-electron chi connectivity index (χ3n) is 8.43. The van der Waals surface area contributed by atoms with Crippen LogP contribution in [0.1, 0.15) is 88.4 Å². The van der Waals surface area contributed by atoms with Crippen LogP contribution in [0.5, 0.6) is 0 Å². The monoisotopic (exact) mass is 518 g/mol. The van der Waals surface area contributed by atoms with E-state index < -0.39 is 11.5 Å². The molecular weight excluding hydrogens is 480 g/mol. The van der Waals surface area contributed by atoms with Crippen molar-refractivity contribution in [1.82, 2.24) is 19.1 Å². The van der Waals surface area contributed by atoms with Crippen molar-refractivity contribution in [3.05, 3.63) is 62.6 Å². The summed E-state index contributed by atoms with van der Waals surface area (Å²) < 4.78 is 2.95. The Morgan fingerprint density at radius 2 is 1.47 bits per heavy atom. The maximum atomic E-state index is 13.7. The summed E-state index contributed by atoms with van der Waals surface area (Å²) in [4.78, 5) is 47.0. The summed E-state index contributed by atoms with van der Waals surface area (Å²) in [7, 11) is 0. The van der Waals surface area contributed by atoms with Crippen molar-refractivity contribution >= 4 is 28.8 Å². The van der Waals surface area contributed by atoms with E-state index >= 15 is 0 Å². The van der Waals surface area contributed by atoms with Crippen LogP contribution >= 0.6 is 0 Å². The highest BCUT2D eigenvalue weighted by atomic mass is 16.4. The van der Waals surface area contributed by atoms with Crippen LogP contribution in [-0.2, 0) is 17.9 Å². The van der Waals surface area contributed by atoms with Gasteiger partial charge in [-0.1, -0.05) is 94.5 Å². The molecule has 202 valence electrons. The van der Waals surface area contributed by atoms with E-state index in [0.29, 0.717) is 30.5 Å². The van der Waals surface area contributed by atoms with Crippen LogP contribution in [0.3, 0.4) is 0 Å². The average molecular weight is 519 g/mol. The predicted octanol–water partition coefficient (Wildman–Crippen LogP) is 5.45. The van der Waals surface area contributed by atoms with Gasteiger partial charge in [-0.3, -0.25) is 13.9 Å². The molecule has 2 fully saturated rings.